The van der Waals surface area contributed by atoms with Crippen molar-refractivity contribution in [1.29, 1.82) is 0 Å². The Kier molecular flexibility index (Phi) is 7.87. The SMILES string of the molecule is CCCc1c(OCCCOc2ccc(C(=O)[O-])cc2Br)ccc(C(C)=O)c1O. The molecule has 6 nitrogen and oxygen atoms in total. The summed E-state index contributed by atoms with van der Waals surface area (Å²) in [4.78, 5) is 22.4. The average Bonchev–Trinajstić information content (AvgIpc) is 2.64. The second-order valence-corrected chi connectivity index (χ2v) is 7.08. The number of phenols is 1. The highest BCUT2D eigenvalue weighted by atomic mass is 79.9. The maximum absolute atomic E-state index is 11.6. The first kappa shape index (κ1) is 21.8. The number of aromatic carboxylic acids is 1. The molecule has 1 N–H and O–H groups in total. The number of benzene rings is 2. The van der Waals surface area contributed by atoms with Crippen LogP contribution in [0.1, 0.15) is 53.0 Å². The molecule has 28 heavy (non-hydrogen) atoms. The van der Waals surface area contributed by atoms with Crippen molar-refractivity contribution in [1.82, 2.24) is 0 Å². The van der Waals surface area contributed by atoms with E-state index in [1.54, 1.807) is 18.2 Å². The molecule has 0 radical (unpaired) electrons. The molecule has 0 spiro atoms. The fourth-order valence-corrected chi connectivity index (χ4v) is 3.19. The summed E-state index contributed by atoms with van der Waals surface area (Å²) in [6.45, 7) is 4.13. The lowest BCUT2D eigenvalue weighted by atomic mass is 10.0. The first-order valence-electron chi connectivity index (χ1n) is 8.97. The zero-order chi connectivity index (χ0) is 20.7. The highest BCUT2D eigenvalue weighted by Gasteiger charge is 2.15. The van der Waals surface area contributed by atoms with E-state index >= 15 is 0 Å². The van der Waals surface area contributed by atoms with Crippen molar-refractivity contribution < 1.29 is 29.3 Å². The molecule has 2 aromatic carbocycles. The molecule has 0 saturated heterocycles. The third-order valence-electron chi connectivity index (χ3n) is 4.09. The van der Waals surface area contributed by atoms with Crippen LogP contribution in [0, 0.1) is 0 Å². The third-order valence-corrected chi connectivity index (χ3v) is 4.71. The van der Waals surface area contributed by atoms with Gasteiger partial charge in [-0.05, 0) is 65.2 Å². The summed E-state index contributed by atoms with van der Waals surface area (Å²) in [5, 5.41) is 21.2. The number of aromatic hydroxyl groups is 1. The zero-order valence-corrected chi connectivity index (χ0v) is 17.4. The van der Waals surface area contributed by atoms with E-state index in [1.807, 2.05) is 6.92 Å². The van der Waals surface area contributed by atoms with Gasteiger partial charge >= 0.3 is 0 Å². The van der Waals surface area contributed by atoms with Crippen LogP contribution >= 0.6 is 15.9 Å². The second-order valence-electron chi connectivity index (χ2n) is 6.23. The van der Waals surface area contributed by atoms with E-state index in [1.165, 1.54) is 19.1 Å². The number of carboxylic acids is 1. The Balaban J connectivity index is 1.92. The molecule has 0 heterocycles. The van der Waals surface area contributed by atoms with Crippen molar-refractivity contribution in [2.75, 3.05) is 13.2 Å². The summed E-state index contributed by atoms with van der Waals surface area (Å²) in [5.41, 5.74) is 1.00. The average molecular weight is 450 g/mol. The van der Waals surface area contributed by atoms with E-state index in [2.05, 4.69) is 15.9 Å². The fraction of sp³-hybridized carbons (Fsp3) is 0.333. The number of hydrogen-bond donors (Lipinski definition) is 1. The molecule has 2 aromatic rings. The minimum atomic E-state index is -1.25. The van der Waals surface area contributed by atoms with Crippen molar-refractivity contribution in [2.24, 2.45) is 0 Å². The van der Waals surface area contributed by atoms with Crippen LogP contribution in [-0.2, 0) is 6.42 Å². The lowest BCUT2D eigenvalue weighted by Gasteiger charge is -2.15. The molecule has 0 aromatic heterocycles. The topological polar surface area (TPSA) is 95.9 Å². The van der Waals surface area contributed by atoms with Crippen molar-refractivity contribution in [3.05, 3.63) is 51.5 Å². The van der Waals surface area contributed by atoms with Gasteiger partial charge in [-0.3, -0.25) is 4.79 Å². The number of phenolic OH excluding ortho intramolecular Hbond substituents is 1. The van der Waals surface area contributed by atoms with Gasteiger partial charge in [-0.2, -0.15) is 0 Å². The molecule has 0 atom stereocenters. The number of carboxylic acid groups (broad SMARTS) is 1. The predicted octanol–water partition coefficient (Wildman–Crippen LogP) is 3.52. The number of carbonyl (C=O) groups excluding carboxylic acids is 2. The summed E-state index contributed by atoms with van der Waals surface area (Å²) in [7, 11) is 0. The highest BCUT2D eigenvalue weighted by molar-refractivity contribution is 9.10. The minimum Gasteiger partial charge on any atom is -0.545 e. The normalized spacial score (nSPS) is 10.5. The van der Waals surface area contributed by atoms with E-state index in [0.29, 0.717) is 53.2 Å². The summed E-state index contributed by atoms with van der Waals surface area (Å²) in [5.74, 6) is -0.364. The van der Waals surface area contributed by atoms with E-state index in [4.69, 9.17) is 9.47 Å². The van der Waals surface area contributed by atoms with Crippen LogP contribution in [0.5, 0.6) is 17.2 Å². The molecule has 0 aliphatic heterocycles. The number of halogens is 1. The molecule has 0 saturated carbocycles. The fourth-order valence-electron chi connectivity index (χ4n) is 2.70. The maximum atomic E-state index is 11.6. The molecule has 150 valence electrons. The van der Waals surface area contributed by atoms with Crippen LogP contribution in [-0.4, -0.2) is 30.1 Å². The molecule has 0 amide bonds. The molecular weight excluding hydrogens is 428 g/mol. The Morgan fingerprint density at radius 2 is 1.75 bits per heavy atom. The molecule has 0 fully saturated rings. The van der Waals surface area contributed by atoms with Crippen LogP contribution < -0.4 is 14.6 Å². The zero-order valence-electron chi connectivity index (χ0n) is 15.8. The smallest absolute Gasteiger partial charge is 0.163 e. The molecule has 0 aliphatic carbocycles. The van der Waals surface area contributed by atoms with Gasteiger partial charge in [0.25, 0.3) is 0 Å². The van der Waals surface area contributed by atoms with Crippen LogP contribution in [0.4, 0.5) is 0 Å². The van der Waals surface area contributed by atoms with Crippen LogP contribution in [0.25, 0.3) is 0 Å². The third kappa shape index (κ3) is 5.48. The van der Waals surface area contributed by atoms with Gasteiger partial charge < -0.3 is 24.5 Å². The Labute approximate surface area is 172 Å². The Morgan fingerprint density at radius 1 is 1.11 bits per heavy atom. The number of rotatable bonds is 10. The molecule has 7 heteroatoms. The molecule has 0 unspecified atom stereocenters. The Bertz CT molecular complexity index is 862. The van der Waals surface area contributed by atoms with Gasteiger partial charge in [0.15, 0.2) is 5.78 Å². The molecule has 0 aliphatic rings. The lowest BCUT2D eigenvalue weighted by Crippen LogP contribution is -2.22. The molecule has 2 rings (SSSR count). The van der Waals surface area contributed by atoms with Gasteiger partial charge in [-0.15, -0.1) is 0 Å². The largest absolute Gasteiger partial charge is 0.545 e. The van der Waals surface area contributed by atoms with E-state index in [9.17, 15) is 19.8 Å². The van der Waals surface area contributed by atoms with E-state index in [-0.39, 0.29) is 17.1 Å². The van der Waals surface area contributed by atoms with Gasteiger partial charge in [-0.1, -0.05) is 13.3 Å². The predicted molar refractivity (Wildman–Crippen MR) is 106 cm³/mol. The standard InChI is InChI=1S/C21H23BrO6/c1-3-5-16-18(9-7-15(13(2)23)20(16)24)27-10-4-11-28-19-8-6-14(21(25)26)12-17(19)22/h6-9,12,24H,3-5,10-11H2,1-2H3,(H,25,26)/p-1. The maximum Gasteiger partial charge on any atom is 0.163 e. The Morgan fingerprint density at radius 3 is 2.32 bits per heavy atom. The molecule has 0 bridgehead atoms. The number of carbonyl (C=O) groups is 2. The van der Waals surface area contributed by atoms with Crippen LogP contribution in [0.2, 0.25) is 0 Å². The molecular formula is C21H22BrO6-. The van der Waals surface area contributed by atoms with Crippen LogP contribution in [0.3, 0.4) is 0 Å². The first-order valence-corrected chi connectivity index (χ1v) is 9.76. The van der Waals surface area contributed by atoms with E-state index < -0.39 is 5.97 Å². The first-order chi connectivity index (χ1) is 13.3. The van der Waals surface area contributed by atoms with Crippen molar-refractivity contribution in [3.8, 4) is 17.2 Å². The van der Waals surface area contributed by atoms with Gasteiger partial charge in [0, 0.05) is 12.0 Å². The summed E-state index contributed by atoms with van der Waals surface area (Å²) in [6, 6.07) is 7.68. The van der Waals surface area contributed by atoms with Gasteiger partial charge in [0.1, 0.15) is 17.2 Å². The minimum absolute atomic E-state index is 0.0139. The van der Waals surface area contributed by atoms with Gasteiger partial charge in [0.2, 0.25) is 0 Å². The lowest BCUT2D eigenvalue weighted by molar-refractivity contribution is -0.255. The van der Waals surface area contributed by atoms with Gasteiger partial charge in [0.05, 0.1) is 29.2 Å². The summed E-state index contributed by atoms with van der Waals surface area (Å²) >= 11 is 3.27. The number of ketones is 1. The number of hydrogen-bond acceptors (Lipinski definition) is 6. The Hall–Kier alpha value is -2.54. The number of ether oxygens (including phenoxy) is 2. The van der Waals surface area contributed by atoms with Gasteiger partial charge in [-0.25, -0.2) is 0 Å². The number of Topliss-reactive ketones (excluding diaryl/α,β-unsaturated/α-hetero) is 1. The quantitative estimate of drug-likeness (QED) is 0.440. The second kappa shape index (κ2) is 10.1. The van der Waals surface area contributed by atoms with E-state index in [0.717, 1.165) is 6.42 Å². The summed E-state index contributed by atoms with van der Waals surface area (Å²) < 4.78 is 11.9. The monoisotopic (exact) mass is 449 g/mol. The highest BCUT2D eigenvalue weighted by Crippen LogP contribution is 2.33. The van der Waals surface area contributed by atoms with Crippen molar-refractivity contribution >= 4 is 27.7 Å². The van der Waals surface area contributed by atoms with Crippen molar-refractivity contribution in [3.63, 3.8) is 0 Å². The summed E-state index contributed by atoms with van der Waals surface area (Å²) in [6.07, 6.45) is 2.00. The van der Waals surface area contributed by atoms with Crippen molar-refractivity contribution in [2.45, 2.75) is 33.1 Å². The van der Waals surface area contributed by atoms with Crippen LogP contribution in [0.15, 0.2) is 34.8 Å².